The zero-order chi connectivity index (χ0) is 19.9. The first-order valence-corrected chi connectivity index (χ1v) is 10.1. The molecular formula is C29H18. The van der Waals surface area contributed by atoms with Crippen LogP contribution in [0.5, 0.6) is 0 Å². The quantitative estimate of drug-likeness (QED) is 0.266. The van der Waals surface area contributed by atoms with Crippen molar-refractivity contribution in [1.29, 1.82) is 0 Å². The van der Waals surface area contributed by atoms with Gasteiger partial charge < -0.3 is 0 Å². The zero-order valence-corrected chi connectivity index (χ0v) is 15.8. The average Bonchev–Trinajstić information content (AvgIpc) is 3.27. The lowest BCUT2D eigenvalue weighted by atomic mass is 9.69. The van der Waals surface area contributed by atoms with Gasteiger partial charge >= 0.3 is 0 Å². The summed E-state index contributed by atoms with van der Waals surface area (Å²) >= 11 is 0. The molecule has 2 aliphatic carbocycles. The number of rotatable bonds is 0. The van der Waals surface area contributed by atoms with Crippen LogP contribution in [0.1, 0.15) is 23.6 Å². The van der Waals surface area contributed by atoms with Crippen molar-refractivity contribution in [2.24, 2.45) is 0 Å². The molecule has 0 amide bonds. The topological polar surface area (TPSA) is 0 Å². The van der Waals surface area contributed by atoms with Gasteiger partial charge in [-0.15, -0.1) is 0 Å². The van der Waals surface area contributed by atoms with Crippen LogP contribution >= 0.6 is 0 Å². The monoisotopic (exact) mass is 368 g/mol. The van der Waals surface area contributed by atoms with Gasteiger partial charge in [0.1, 0.15) is 0 Å². The van der Waals surface area contributed by atoms with E-state index in [0.29, 0.717) is 6.04 Å². The Morgan fingerprint density at radius 2 is 0.966 bits per heavy atom. The van der Waals surface area contributed by atoms with Gasteiger partial charge in [0.15, 0.2) is 0 Å². The summed E-state index contributed by atoms with van der Waals surface area (Å²) in [6.45, 7) is 0. The zero-order valence-electron chi connectivity index (χ0n) is 16.8. The first-order valence-electron chi connectivity index (χ1n) is 10.6. The molecule has 7 rings (SSSR count). The van der Waals surface area contributed by atoms with Crippen molar-refractivity contribution in [3.05, 3.63) is 131 Å². The maximum absolute atomic E-state index is 8.72. The standard InChI is InChI=1S/C29H18/c1-2-10-20-19(9-1)17-18-24-23-13-5-8-16-27(23)29(28(20)24)25-14-6-3-11-21(25)22-12-4-7-15-26(22)29/h1-18H/i17T. The molecule has 0 heteroatoms. The van der Waals surface area contributed by atoms with Crippen molar-refractivity contribution in [1.82, 2.24) is 0 Å². The van der Waals surface area contributed by atoms with Crippen molar-refractivity contribution in [2.45, 2.75) is 5.41 Å². The second-order valence-corrected chi connectivity index (χ2v) is 8.01. The third-order valence-corrected chi connectivity index (χ3v) is 6.79. The van der Waals surface area contributed by atoms with Crippen molar-refractivity contribution in [3.63, 3.8) is 0 Å². The summed E-state index contributed by atoms with van der Waals surface area (Å²) in [6, 6.07) is 37.6. The highest BCUT2D eigenvalue weighted by Gasteiger charge is 2.52. The van der Waals surface area contributed by atoms with Crippen molar-refractivity contribution in [3.8, 4) is 22.3 Å². The summed E-state index contributed by atoms with van der Waals surface area (Å²) in [5.41, 5.74) is 10.1. The maximum atomic E-state index is 8.72. The molecule has 0 saturated heterocycles. The molecular weight excluding hydrogens is 348 g/mol. The minimum absolute atomic E-state index is 0.341. The van der Waals surface area contributed by atoms with Gasteiger partial charge in [-0.1, -0.05) is 109 Å². The lowest BCUT2D eigenvalue weighted by molar-refractivity contribution is 0.801. The predicted octanol–water partition coefficient (Wildman–Crippen LogP) is 7.18. The minimum atomic E-state index is -0.341. The average molecular weight is 368 g/mol. The van der Waals surface area contributed by atoms with Crippen LogP contribution in [0.2, 0.25) is 0 Å². The van der Waals surface area contributed by atoms with E-state index < -0.39 is 0 Å². The van der Waals surface area contributed by atoms with Crippen molar-refractivity contribution < 1.29 is 1.37 Å². The van der Waals surface area contributed by atoms with E-state index in [-0.39, 0.29) is 5.41 Å². The first-order chi connectivity index (χ1) is 14.8. The van der Waals surface area contributed by atoms with Crippen LogP contribution in [0.4, 0.5) is 0 Å². The number of benzene rings is 5. The molecule has 0 fully saturated rings. The fourth-order valence-corrected chi connectivity index (χ4v) is 5.78. The Morgan fingerprint density at radius 3 is 1.59 bits per heavy atom. The fraction of sp³-hybridized carbons (Fsp3) is 0.0345. The molecule has 134 valence electrons. The Balaban J connectivity index is 1.79. The number of fused-ring (bicyclic) bond motifs is 12. The maximum Gasteiger partial charge on any atom is 0.0731 e. The normalized spacial score (nSPS) is 15.0. The molecule has 0 aromatic heterocycles. The van der Waals surface area contributed by atoms with Gasteiger partial charge in [-0.3, -0.25) is 0 Å². The molecule has 0 saturated carbocycles. The van der Waals surface area contributed by atoms with Gasteiger partial charge in [0, 0.05) is 0 Å². The van der Waals surface area contributed by atoms with Gasteiger partial charge in [-0.05, 0) is 55.3 Å². The van der Waals surface area contributed by atoms with Crippen molar-refractivity contribution >= 4 is 10.8 Å². The summed E-state index contributed by atoms with van der Waals surface area (Å²) in [5, 5.41) is 2.20. The van der Waals surface area contributed by atoms with Crippen LogP contribution in [0.15, 0.2) is 109 Å². The summed E-state index contributed by atoms with van der Waals surface area (Å²) in [7, 11) is 0. The van der Waals surface area contributed by atoms with Gasteiger partial charge in [-0.2, -0.15) is 0 Å². The van der Waals surface area contributed by atoms with Gasteiger partial charge in [0.25, 0.3) is 0 Å². The molecule has 5 aromatic carbocycles. The van der Waals surface area contributed by atoms with E-state index in [1.165, 1.54) is 49.9 Å². The highest BCUT2D eigenvalue weighted by Crippen LogP contribution is 2.63. The first kappa shape index (κ1) is 14.4. The van der Waals surface area contributed by atoms with Gasteiger partial charge in [-0.25, -0.2) is 0 Å². The molecule has 0 heterocycles. The smallest absolute Gasteiger partial charge is 0.0619 e. The highest BCUT2D eigenvalue weighted by molar-refractivity contribution is 6.03. The molecule has 0 bridgehead atoms. The fourth-order valence-electron chi connectivity index (χ4n) is 5.78. The van der Waals surface area contributed by atoms with Crippen LogP contribution in [-0.4, -0.2) is 0 Å². The lowest BCUT2D eigenvalue weighted by Gasteiger charge is -2.31. The second kappa shape index (κ2) is 5.24. The molecule has 0 aliphatic heterocycles. The SMILES string of the molecule is [3H]c1cc2c(c3ccccc13)C1(c3ccccc3-c3ccccc31)c1ccccc1-2. The van der Waals surface area contributed by atoms with Crippen molar-refractivity contribution in [2.75, 3.05) is 0 Å². The highest BCUT2D eigenvalue weighted by atomic mass is 14.5. The molecule has 5 aromatic rings. The summed E-state index contributed by atoms with van der Waals surface area (Å²) in [4.78, 5) is 0. The van der Waals surface area contributed by atoms with Crippen LogP contribution in [-0.2, 0) is 5.41 Å². The molecule has 0 nitrogen and oxygen atoms in total. The largest absolute Gasteiger partial charge is 0.0731 e. The Hall–Kier alpha value is -3.64. The molecule has 0 N–H and O–H groups in total. The van der Waals surface area contributed by atoms with E-state index >= 15 is 0 Å². The molecule has 29 heavy (non-hydrogen) atoms. The van der Waals surface area contributed by atoms with E-state index in [9.17, 15) is 0 Å². The molecule has 0 atom stereocenters. The van der Waals surface area contributed by atoms with Gasteiger partial charge in [0.2, 0.25) is 0 Å². The van der Waals surface area contributed by atoms with E-state index in [0.717, 1.165) is 5.39 Å². The summed E-state index contributed by atoms with van der Waals surface area (Å²) in [5.74, 6) is 0. The molecule has 2 aliphatic rings. The predicted molar refractivity (Wildman–Crippen MR) is 120 cm³/mol. The van der Waals surface area contributed by atoms with Crippen LogP contribution < -0.4 is 0 Å². The molecule has 1 spiro atoms. The lowest BCUT2D eigenvalue weighted by Crippen LogP contribution is -2.26. The Labute approximate surface area is 171 Å². The van der Waals surface area contributed by atoms with Crippen LogP contribution in [0.3, 0.4) is 0 Å². The number of hydrogen-bond donors (Lipinski definition) is 0. The Bertz CT molecular complexity index is 1460. The third kappa shape index (κ3) is 1.67. The van der Waals surface area contributed by atoms with E-state index in [2.05, 4.69) is 97.1 Å². The van der Waals surface area contributed by atoms with E-state index in [1.54, 1.807) is 0 Å². The number of hydrogen-bond acceptors (Lipinski definition) is 0. The molecule has 0 unspecified atom stereocenters. The second-order valence-electron chi connectivity index (χ2n) is 8.01. The summed E-state index contributed by atoms with van der Waals surface area (Å²) < 4.78 is 8.72. The van der Waals surface area contributed by atoms with Crippen LogP contribution in [0, 0.1) is 0 Å². The minimum Gasteiger partial charge on any atom is -0.0619 e. The third-order valence-electron chi connectivity index (χ3n) is 6.79. The van der Waals surface area contributed by atoms with E-state index in [1.807, 2.05) is 6.07 Å². The Morgan fingerprint density at radius 1 is 0.483 bits per heavy atom. The van der Waals surface area contributed by atoms with Crippen LogP contribution in [0.25, 0.3) is 33.0 Å². The van der Waals surface area contributed by atoms with Gasteiger partial charge in [0.05, 0.1) is 6.79 Å². The van der Waals surface area contributed by atoms with E-state index in [4.69, 9.17) is 1.37 Å². The Kier molecular flexibility index (Phi) is 2.60. The molecule has 0 radical (unpaired) electrons. The summed E-state index contributed by atoms with van der Waals surface area (Å²) in [6.07, 6.45) is 0.